The molecule has 3 N–H and O–H groups in total. The molecule has 0 bridgehead atoms. The third kappa shape index (κ3) is 5.74. The van der Waals surface area contributed by atoms with Gasteiger partial charge in [0.25, 0.3) is 11.5 Å². The smallest absolute Gasteiger partial charge is 0.259 e. The van der Waals surface area contributed by atoms with E-state index in [1.54, 1.807) is 51.2 Å². The number of nitrogens with two attached hydrogens (primary N) is 1. The number of hydrogen-bond donors (Lipinski definition) is 2. The molecular formula is C28H32FN5O4. The molecule has 1 aromatic heterocycles. The molecule has 38 heavy (non-hydrogen) atoms. The lowest BCUT2D eigenvalue weighted by molar-refractivity contribution is -0.118. The van der Waals surface area contributed by atoms with E-state index < -0.39 is 23.2 Å². The third-order valence-electron chi connectivity index (χ3n) is 6.40. The standard InChI is InChI=1S/C28H32FN5O4/c1-6-32(4)28(38)24-25(34(16-35)20-9-7-8-19(15-20)11-13-23(30)36)18(3)27(37)33(5)26(24)31-22-12-10-17(2)14-21(22)29/h7-10,12,14-16,31H,6,11,13H2,1-5H3,(H2,30,36). The van der Waals surface area contributed by atoms with Gasteiger partial charge in [0.15, 0.2) is 0 Å². The number of halogens is 1. The highest BCUT2D eigenvalue weighted by Gasteiger charge is 2.30. The van der Waals surface area contributed by atoms with E-state index in [4.69, 9.17) is 5.73 Å². The first-order chi connectivity index (χ1) is 18.0. The number of nitrogens with one attached hydrogen (secondary N) is 1. The van der Waals surface area contributed by atoms with Crippen molar-refractivity contribution in [3.8, 4) is 0 Å². The Balaban J connectivity index is 2.31. The van der Waals surface area contributed by atoms with E-state index in [0.29, 0.717) is 30.6 Å². The Hall–Kier alpha value is -4.47. The number of aryl methyl sites for hydroxylation is 2. The Labute approximate surface area is 220 Å². The SMILES string of the molecule is CCN(C)C(=O)c1c(N(C=O)c2cccc(CCC(N)=O)c2)c(C)c(=O)n(C)c1Nc1ccc(C)cc1F. The highest BCUT2D eigenvalue weighted by Crippen LogP contribution is 2.36. The Morgan fingerprint density at radius 2 is 1.87 bits per heavy atom. The number of carbonyl (C=O) groups is 3. The summed E-state index contributed by atoms with van der Waals surface area (Å²) in [5.74, 6) is -1.44. The molecule has 0 aliphatic rings. The molecule has 10 heteroatoms. The molecular weight excluding hydrogens is 489 g/mol. The third-order valence-corrected chi connectivity index (χ3v) is 6.40. The van der Waals surface area contributed by atoms with Gasteiger partial charge in [0.1, 0.15) is 17.2 Å². The van der Waals surface area contributed by atoms with Gasteiger partial charge >= 0.3 is 0 Å². The minimum atomic E-state index is -0.559. The van der Waals surface area contributed by atoms with E-state index in [-0.39, 0.29) is 34.7 Å². The Bertz CT molecular complexity index is 1450. The normalized spacial score (nSPS) is 10.7. The second-order valence-electron chi connectivity index (χ2n) is 9.10. The van der Waals surface area contributed by atoms with Crippen molar-refractivity contribution in [3.05, 3.63) is 80.9 Å². The van der Waals surface area contributed by atoms with Crippen molar-refractivity contribution in [2.45, 2.75) is 33.6 Å². The van der Waals surface area contributed by atoms with Crippen molar-refractivity contribution in [3.63, 3.8) is 0 Å². The summed E-state index contributed by atoms with van der Waals surface area (Å²) in [6.07, 6.45) is 1.000. The summed E-state index contributed by atoms with van der Waals surface area (Å²) in [7, 11) is 3.07. The van der Waals surface area contributed by atoms with Crippen LogP contribution in [0.25, 0.3) is 0 Å². The maximum Gasteiger partial charge on any atom is 0.259 e. The first-order valence-electron chi connectivity index (χ1n) is 12.1. The number of pyridine rings is 1. The van der Waals surface area contributed by atoms with Crippen molar-refractivity contribution in [1.82, 2.24) is 9.47 Å². The highest BCUT2D eigenvalue weighted by molar-refractivity contribution is 6.08. The average molecular weight is 522 g/mol. The molecule has 0 fully saturated rings. The van der Waals surface area contributed by atoms with Crippen LogP contribution in [0.5, 0.6) is 0 Å². The molecule has 0 aliphatic carbocycles. The summed E-state index contributed by atoms with van der Waals surface area (Å²) in [6.45, 7) is 5.42. The summed E-state index contributed by atoms with van der Waals surface area (Å²) in [6, 6.07) is 11.4. The van der Waals surface area contributed by atoms with Gasteiger partial charge in [0.05, 0.1) is 11.4 Å². The van der Waals surface area contributed by atoms with Crippen LogP contribution in [-0.2, 0) is 23.1 Å². The second kappa shape index (κ2) is 11.7. The van der Waals surface area contributed by atoms with E-state index >= 15 is 0 Å². The van der Waals surface area contributed by atoms with Crippen LogP contribution in [0.15, 0.2) is 47.3 Å². The summed E-state index contributed by atoms with van der Waals surface area (Å²) in [4.78, 5) is 53.6. The maximum atomic E-state index is 14.8. The first kappa shape index (κ1) is 28.1. The minimum Gasteiger partial charge on any atom is -0.370 e. The quantitative estimate of drug-likeness (QED) is 0.395. The zero-order valence-electron chi connectivity index (χ0n) is 22.2. The van der Waals surface area contributed by atoms with Gasteiger partial charge in [-0.1, -0.05) is 18.2 Å². The molecule has 0 unspecified atom stereocenters. The molecule has 3 aromatic rings. The van der Waals surface area contributed by atoms with E-state index in [1.807, 2.05) is 0 Å². The Kier molecular flexibility index (Phi) is 8.67. The predicted octanol–water partition coefficient (Wildman–Crippen LogP) is 3.69. The fraction of sp³-hybridized carbons (Fsp3) is 0.286. The highest BCUT2D eigenvalue weighted by atomic mass is 19.1. The molecule has 0 atom stereocenters. The van der Waals surface area contributed by atoms with Crippen LogP contribution in [0, 0.1) is 19.7 Å². The summed E-state index contributed by atoms with van der Waals surface area (Å²) < 4.78 is 16.1. The summed E-state index contributed by atoms with van der Waals surface area (Å²) >= 11 is 0. The van der Waals surface area contributed by atoms with Gasteiger partial charge in [0, 0.05) is 38.3 Å². The molecule has 3 amide bonds. The molecule has 0 spiro atoms. The lowest BCUT2D eigenvalue weighted by atomic mass is 10.0. The number of anilines is 4. The number of aromatic nitrogens is 1. The fourth-order valence-electron chi connectivity index (χ4n) is 4.13. The number of hydrogen-bond acceptors (Lipinski definition) is 5. The van der Waals surface area contributed by atoms with Crippen LogP contribution in [0.4, 0.5) is 27.3 Å². The molecule has 0 saturated heterocycles. The van der Waals surface area contributed by atoms with Crippen molar-refractivity contribution >= 4 is 41.1 Å². The lowest BCUT2D eigenvalue weighted by Crippen LogP contribution is -2.34. The van der Waals surface area contributed by atoms with Gasteiger partial charge in [-0.3, -0.25) is 28.6 Å². The van der Waals surface area contributed by atoms with Crippen molar-refractivity contribution in [2.24, 2.45) is 12.8 Å². The van der Waals surface area contributed by atoms with Crippen molar-refractivity contribution < 1.29 is 18.8 Å². The lowest BCUT2D eigenvalue weighted by Gasteiger charge is -2.28. The number of primary amides is 1. The molecule has 3 rings (SSSR count). The van der Waals surface area contributed by atoms with Gasteiger partial charge in [0.2, 0.25) is 12.3 Å². The van der Waals surface area contributed by atoms with E-state index in [0.717, 1.165) is 5.56 Å². The Morgan fingerprint density at radius 1 is 1.16 bits per heavy atom. The molecule has 9 nitrogen and oxygen atoms in total. The molecule has 0 aliphatic heterocycles. The number of benzene rings is 2. The number of rotatable bonds is 10. The Morgan fingerprint density at radius 3 is 2.47 bits per heavy atom. The zero-order valence-corrected chi connectivity index (χ0v) is 22.2. The van der Waals surface area contributed by atoms with Gasteiger partial charge < -0.3 is 16.0 Å². The number of carbonyl (C=O) groups excluding carboxylic acids is 3. The van der Waals surface area contributed by atoms with Gasteiger partial charge in [-0.15, -0.1) is 0 Å². The molecule has 0 radical (unpaired) electrons. The monoisotopic (exact) mass is 521 g/mol. The van der Waals surface area contributed by atoms with E-state index in [9.17, 15) is 23.6 Å². The summed E-state index contributed by atoms with van der Waals surface area (Å²) in [5, 5.41) is 2.93. The van der Waals surface area contributed by atoms with Crippen LogP contribution in [0.2, 0.25) is 0 Å². The van der Waals surface area contributed by atoms with Crippen molar-refractivity contribution in [1.29, 1.82) is 0 Å². The van der Waals surface area contributed by atoms with E-state index in [2.05, 4.69) is 5.32 Å². The van der Waals surface area contributed by atoms with Crippen molar-refractivity contribution in [2.75, 3.05) is 23.8 Å². The van der Waals surface area contributed by atoms with Gasteiger partial charge in [-0.2, -0.15) is 0 Å². The minimum absolute atomic E-state index is 0.0311. The average Bonchev–Trinajstić information content (AvgIpc) is 2.89. The maximum absolute atomic E-state index is 14.8. The van der Waals surface area contributed by atoms with Gasteiger partial charge in [-0.25, -0.2) is 4.39 Å². The first-order valence-corrected chi connectivity index (χ1v) is 12.1. The van der Waals surface area contributed by atoms with E-state index in [1.165, 1.54) is 40.5 Å². The molecule has 200 valence electrons. The van der Waals surface area contributed by atoms with Crippen LogP contribution in [0.3, 0.4) is 0 Å². The zero-order chi connectivity index (χ0) is 28.1. The molecule has 0 saturated carbocycles. The topological polar surface area (TPSA) is 118 Å². The second-order valence-corrected chi connectivity index (χ2v) is 9.10. The molecule has 1 heterocycles. The summed E-state index contributed by atoms with van der Waals surface area (Å²) in [5.41, 5.74) is 6.99. The molecule has 2 aromatic carbocycles. The number of amides is 3. The number of nitrogens with zero attached hydrogens (tertiary/aromatic N) is 3. The van der Waals surface area contributed by atoms with Crippen LogP contribution in [0.1, 0.15) is 40.4 Å². The van der Waals surface area contributed by atoms with Gasteiger partial charge in [-0.05, 0) is 62.6 Å². The van der Waals surface area contributed by atoms with Crippen LogP contribution < -0.4 is 21.5 Å². The largest absolute Gasteiger partial charge is 0.370 e. The van der Waals surface area contributed by atoms with Crippen LogP contribution >= 0.6 is 0 Å². The fourth-order valence-corrected chi connectivity index (χ4v) is 4.13. The van der Waals surface area contributed by atoms with Crippen LogP contribution in [-0.4, -0.2) is 41.3 Å². The predicted molar refractivity (Wildman–Crippen MR) is 146 cm³/mol.